The van der Waals surface area contributed by atoms with Crippen LogP contribution in [0.25, 0.3) is 10.6 Å². The van der Waals surface area contributed by atoms with Crippen molar-refractivity contribution in [3.63, 3.8) is 0 Å². The lowest BCUT2D eigenvalue weighted by Crippen LogP contribution is -1.66. The van der Waals surface area contributed by atoms with Crippen LogP contribution in [0, 0.1) is 0 Å². The largest absolute Gasteiger partial charge is 0.360 e. The average molecular weight is 150 g/mol. The Kier molecular flexibility index (Phi) is 1.29. The second-order valence-electron chi connectivity index (χ2n) is 1.95. The summed E-state index contributed by atoms with van der Waals surface area (Å²) in [5.74, 6) is 0. The summed E-state index contributed by atoms with van der Waals surface area (Å²) in [5.41, 5.74) is 2.97. The van der Waals surface area contributed by atoms with Crippen LogP contribution in [0.3, 0.4) is 0 Å². The number of aromatic nitrogens is 2. The van der Waals surface area contributed by atoms with Gasteiger partial charge in [-0.3, -0.25) is 4.98 Å². The molecule has 1 N–H and O–H groups in total. The fourth-order valence-corrected chi connectivity index (χ4v) is 1.44. The van der Waals surface area contributed by atoms with Gasteiger partial charge in [0.1, 0.15) is 0 Å². The molecule has 2 nitrogen and oxygen atoms in total. The van der Waals surface area contributed by atoms with Crippen LogP contribution in [0.1, 0.15) is 0 Å². The normalized spacial score (nSPS) is 10.0. The molecule has 0 radical (unpaired) electrons. The minimum absolute atomic E-state index is 1.14. The van der Waals surface area contributed by atoms with Crippen molar-refractivity contribution < 1.29 is 0 Å². The van der Waals surface area contributed by atoms with E-state index in [1.807, 2.05) is 30.0 Å². The topological polar surface area (TPSA) is 28.7 Å². The van der Waals surface area contributed by atoms with Gasteiger partial charge in [0.25, 0.3) is 0 Å². The maximum absolute atomic E-state index is 3.98. The standard InChI is InChI=1S/C7H6N2S/c1-2-6(9-3-1)7-4-8-5-10-7/h1-5,9H. The third-order valence-electron chi connectivity index (χ3n) is 1.30. The van der Waals surface area contributed by atoms with Gasteiger partial charge in [-0.05, 0) is 12.1 Å². The van der Waals surface area contributed by atoms with E-state index in [1.165, 1.54) is 4.88 Å². The highest BCUT2D eigenvalue weighted by molar-refractivity contribution is 7.13. The first-order chi connectivity index (χ1) is 4.97. The molecule has 2 heterocycles. The lowest BCUT2D eigenvalue weighted by atomic mass is 10.4. The number of nitrogens with one attached hydrogen (secondary N) is 1. The molecule has 0 aromatic carbocycles. The number of hydrogen-bond acceptors (Lipinski definition) is 2. The summed E-state index contributed by atoms with van der Waals surface area (Å²) >= 11 is 1.64. The van der Waals surface area contributed by atoms with Crippen LogP contribution in [0.15, 0.2) is 30.0 Å². The van der Waals surface area contributed by atoms with Gasteiger partial charge in [-0.1, -0.05) is 0 Å². The van der Waals surface area contributed by atoms with Crippen LogP contribution in [0.5, 0.6) is 0 Å². The molecule has 0 aliphatic heterocycles. The lowest BCUT2D eigenvalue weighted by Gasteiger charge is -1.85. The van der Waals surface area contributed by atoms with Gasteiger partial charge in [0.2, 0.25) is 0 Å². The summed E-state index contributed by atoms with van der Waals surface area (Å²) in [6.45, 7) is 0. The first-order valence-electron chi connectivity index (χ1n) is 2.99. The number of thiazole rings is 1. The quantitative estimate of drug-likeness (QED) is 0.662. The van der Waals surface area contributed by atoms with Gasteiger partial charge in [0, 0.05) is 12.4 Å². The van der Waals surface area contributed by atoms with Crippen molar-refractivity contribution in [2.75, 3.05) is 0 Å². The Hall–Kier alpha value is -1.09. The van der Waals surface area contributed by atoms with Crippen molar-refractivity contribution in [3.8, 4) is 10.6 Å². The van der Waals surface area contributed by atoms with Gasteiger partial charge >= 0.3 is 0 Å². The zero-order valence-corrected chi connectivity index (χ0v) is 6.06. The third kappa shape index (κ3) is 0.844. The van der Waals surface area contributed by atoms with Crippen molar-refractivity contribution in [3.05, 3.63) is 30.0 Å². The maximum Gasteiger partial charge on any atom is 0.0798 e. The molecule has 0 aliphatic rings. The van der Waals surface area contributed by atoms with Crippen LogP contribution in [0.4, 0.5) is 0 Å². The first-order valence-corrected chi connectivity index (χ1v) is 3.87. The van der Waals surface area contributed by atoms with E-state index in [2.05, 4.69) is 9.97 Å². The summed E-state index contributed by atoms with van der Waals surface area (Å²) < 4.78 is 0. The highest BCUT2D eigenvalue weighted by Gasteiger charge is 1.96. The van der Waals surface area contributed by atoms with Crippen LogP contribution >= 0.6 is 11.3 Å². The summed E-state index contributed by atoms with van der Waals surface area (Å²) in [6.07, 6.45) is 3.77. The minimum Gasteiger partial charge on any atom is -0.360 e. The van der Waals surface area contributed by atoms with E-state index < -0.39 is 0 Å². The fourth-order valence-electron chi connectivity index (χ4n) is 0.832. The zero-order valence-electron chi connectivity index (χ0n) is 5.24. The SMILES string of the molecule is c1c[nH]c(-c2cncs2)c1. The van der Waals surface area contributed by atoms with Gasteiger partial charge in [0.05, 0.1) is 16.1 Å². The second-order valence-corrected chi connectivity index (χ2v) is 2.84. The number of nitrogens with zero attached hydrogens (tertiary/aromatic N) is 1. The van der Waals surface area contributed by atoms with E-state index in [9.17, 15) is 0 Å². The molecule has 3 heteroatoms. The highest BCUT2D eigenvalue weighted by Crippen LogP contribution is 2.19. The molecule has 2 aromatic rings. The van der Waals surface area contributed by atoms with Gasteiger partial charge in [0.15, 0.2) is 0 Å². The van der Waals surface area contributed by atoms with Crippen molar-refractivity contribution in [1.29, 1.82) is 0 Å². The van der Waals surface area contributed by atoms with Crippen LogP contribution < -0.4 is 0 Å². The van der Waals surface area contributed by atoms with Crippen molar-refractivity contribution >= 4 is 11.3 Å². The molecule has 0 amide bonds. The summed E-state index contributed by atoms with van der Waals surface area (Å²) in [5, 5.41) is 0. The van der Waals surface area contributed by atoms with Gasteiger partial charge in [-0.25, -0.2) is 0 Å². The van der Waals surface area contributed by atoms with Gasteiger partial charge < -0.3 is 4.98 Å². The smallest absolute Gasteiger partial charge is 0.0798 e. The molecule has 0 saturated carbocycles. The molecular formula is C7H6N2S. The highest BCUT2D eigenvalue weighted by atomic mass is 32.1. The van der Waals surface area contributed by atoms with E-state index in [0.29, 0.717) is 0 Å². The van der Waals surface area contributed by atoms with E-state index in [4.69, 9.17) is 0 Å². The summed E-state index contributed by atoms with van der Waals surface area (Å²) in [7, 11) is 0. The Morgan fingerprint density at radius 1 is 1.50 bits per heavy atom. The molecule has 0 unspecified atom stereocenters. The van der Waals surface area contributed by atoms with E-state index in [-0.39, 0.29) is 0 Å². The van der Waals surface area contributed by atoms with Crippen LogP contribution in [-0.2, 0) is 0 Å². The number of H-pyrrole nitrogens is 1. The van der Waals surface area contributed by atoms with Gasteiger partial charge in [-0.15, -0.1) is 11.3 Å². The molecule has 0 bridgehead atoms. The molecular weight excluding hydrogens is 144 g/mol. The Morgan fingerprint density at radius 2 is 2.50 bits per heavy atom. The number of hydrogen-bond donors (Lipinski definition) is 1. The second kappa shape index (κ2) is 2.27. The summed E-state index contributed by atoms with van der Waals surface area (Å²) in [6, 6.07) is 4.02. The lowest BCUT2D eigenvalue weighted by molar-refractivity contribution is 1.38. The third-order valence-corrected chi connectivity index (χ3v) is 2.10. The van der Waals surface area contributed by atoms with Crippen LogP contribution in [-0.4, -0.2) is 9.97 Å². The van der Waals surface area contributed by atoms with Crippen molar-refractivity contribution in [2.24, 2.45) is 0 Å². The number of rotatable bonds is 1. The molecule has 50 valence electrons. The predicted molar refractivity (Wildman–Crippen MR) is 41.9 cm³/mol. The zero-order chi connectivity index (χ0) is 6.81. The molecule has 2 rings (SSSR count). The minimum atomic E-state index is 1.14. The maximum atomic E-state index is 3.98. The monoisotopic (exact) mass is 150 g/mol. The average Bonchev–Trinajstić information content (AvgIpc) is 2.59. The molecule has 0 aliphatic carbocycles. The Morgan fingerprint density at radius 3 is 3.10 bits per heavy atom. The molecule has 2 aromatic heterocycles. The fraction of sp³-hybridized carbons (Fsp3) is 0. The van der Waals surface area contributed by atoms with Crippen LogP contribution in [0.2, 0.25) is 0 Å². The molecule has 0 atom stereocenters. The Bertz CT molecular complexity index is 251. The van der Waals surface area contributed by atoms with E-state index in [1.54, 1.807) is 11.3 Å². The van der Waals surface area contributed by atoms with Crippen molar-refractivity contribution in [2.45, 2.75) is 0 Å². The molecule has 0 fully saturated rings. The molecule has 0 saturated heterocycles. The predicted octanol–water partition coefficient (Wildman–Crippen LogP) is 2.14. The Balaban J connectivity index is 2.48. The van der Waals surface area contributed by atoms with Crippen molar-refractivity contribution in [1.82, 2.24) is 9.97 Å². The van der Waals surface area contributed by atoms with E-state index >= 15 is 0 Å². The molecule has 0 spiro atoms. The Labute approximate surface area is 62.6 Å². The first kappa shape index (κ1) is 5.68. The van der Waals surface area contributed by atoms with Gasteiger partial charge in [-0.2, -0.15) is 0 Å². The molecule has 10 heavy (non-hydrogen) atoms. The number of aromatic amines is 1. The van der Waals surface area contributed by atoms with E-state index in [0.717, 1.165) is 5.69 Å². The summed E-state index contributed by atoms with van der Waals surface area (Å²) in [4.78, 5) is 8.27.